The maximum Gasteiger partial charge on any atom is 0.317 e. The number of benzene rings is 1. The monoisotopic (exact) mass is 545 g/mol. The average molecular weight is 546 g/mol. The zero-order valence-electron chi connectivity index (χ0n) is 23.2. The summed E-state index contributed by atoms with van der Waals surface area (Å²) in [6, 6.07) is 15.3. The number of pyridine rings is 1. The van der Waals surface area contributed by atoms with E-state index in [0.717, 1.165) is 10.6 Å². The minimum atomic E-state index is -1.03. The standard InChI is InChI=1S/C31H39N5O2S/c1-4-39(38)26-13-12-25(32-17-26)16-33-31(37)35-18-27(24-7-5-6-23(14-24)21-8-9-21)28(19-35)30-15-29(22-10-11-22)34-36(30)20(2)3/h5-7,12-15,17,20-22,27-28H,4,8-11,16,18-19H2,1-3H3,(H,33,37). The fraction of sp³-hybridized carbons (Fsp3) is 0.516. The lowest BCUT2D eigenvalue weighted by Gasteiger charge is -2.22. The zero-order chi connectivity index (χ0) is 27.1. The Hall–Kier alpha value is -2.84. The van der Waals surface area contributed by atoms with Crippen molar-refractivity contribution in [3.8, 4) is 0 Å². The molecule has 1 aliphatic heterocycles. The molecule has 1 saturated heterocycles. The summed E-state index contributed by atoms with van der Waals surface area (Å²) in [5.74, 6) is 2.26. The fourth-order valence-electron chi connectivity index (χ4n) is 5.86. The third kappa shape index (κ3) is 5.73. The molecule has 2 amide bonds. The van der Waals surface area contributed by atoms with E-state index in [1.54, 1.807) is 6.20 Å². The molecule has 3 atom stereocenters. The van der Waals surface area contributed by atoms with Gasteiger partial charge in [-0.15, -0.1) is 0 Å². The Balaban J connectivity index is 1.23. The number of aromatic nitrogens is 3. The number of rotatable bonds is 9. The molecule has 3 aromatic rings. The highest BCUT2D eigenvalue weighted by molar-refractivity contribution is 7.91. The van der Waals surface area contributed by atoms with Gasteiger partial charge >= 0.3 is 6.03 Å². The second-order valence-electron chi connectivity index (χ2n) is 11.6. The highest BCUT2D eigenvalue weighted by atomic mass is 32.2. The van der Waals surface area contributed by atoms with Crippen molar-refractivity contribution in [3.63, 3.8) is 0 Å². The molecule has 6 rings (SSSR count). The van der Waals surface area contributed by atoms with Crippen molar-refractivity contribution in [1.29, 1.82) is 0 Å². The van der Waals surface area contributed by atoms with Gasteiger partial charge in [-0.05, 0) is 92.9 Å². The Morgan fingerprint density at radius 3 is 2.46 bits per heavy atom. The van der Waals surface area contributed by atoms with Gasteiger partial charge in [0.1, 0.15) is 5.75 Å². The van der Waals surface area contributed by atoms with Gasteiger partial charge in [-0.3, -0.25) is 9.67 Å². The Bertz CT molecular complexity index is 1310. The number of amides is 2. The smallest absolute Gasteiger partial charge is 0.317 e. The number of urea groups is 1. The van der Waals surface area contributed by atoms with E-state index in [2.05, 4.69) is 59.2 Å². The van der Waals surface area contributed by atoms with Gasteiger partial charge in [0.15, 0.2) is 4.90 Å². The number of nitrogens with zero attached hydrogens (tertiary/aromatic N) is 4. The van der Waals surface area contributed by atoms with Gasteiger partial charge in [0.05, 0.1) is 24.1 Å². The summed E-state index contributed by atoms with van der Waals surface area (Å²) in [4.78, 5) is 20.5. The molecule has 8 heteroatoms. The summed E-state index contributed by atoms with van der Waals surface area (Å²) in [5.41, 5.74) is 5.99. The van der Waals surface area contributed by atoms with E-state index in [-0.39, 0.29) is 23.9 Å². The van der Waals surface area contributed by atoms with E-state index in [1.807, 2.05) is 24.0 Å². The first-order valence-corrected chi connectivity index (χ1v) is 15.8. The molecule has 1 N–H and O–H groups in total. The van der Waals surface area contributed by atoms with Crippen LogP contribution in [0.2, 0.25) is 0 Å². The summed E-state index contributed by atoms with van der Waals surface area (Å²) >= 11 is -1.03. The Labute approximate surface area is 234 Å². The van der Waals surface area contributed by atoms with Crippen LogP contribution in [-0.4, -0.2) is 49.1 Å². The van der Waals surface area contributed by atoms with Gasteiger partial charge in [-0.25, -0.2) is 4.79 Å². The van der Waals surface area contributed by atoms with Crippen molar-refractivity contribution >= 4 is 17.2 Å². The lowest BCUT2D eigenvalue weighted by molar-refractivity contribution is 0.207. The van der Waals surface area contributed by atoms with Crippen molar-refractivity contribution in [3.05, 3.63) is 76.9 Å². The van der Waals surface area contributed by atoms with E-state index in [0.29, 0.717) is 37.2 Å². The van der Waals surface area contributed by atoms with E-state index in [9.17, 15) is 9.35 Å². The molecule has 3 aliphatic rings. The number of carbonyl (C=O) groups excluding carboxylic acids is 1. The Morgan fingerprint density at radius 2 is 1.79 bits per heavy atom. The van der Waals surface area contributed by atoms with E-state index in [4.69, 9.17) is 5.10 Å². The first kappa shape index (κ1) is 26.4. The molecule has 2 aliphatic carbocycles. The molecule has 0 spiro atoms. The third-order valence-electron chi connectivity index (χ3n) is 8.39. The Kier molecular flexibility index (Phi) is 7.42. The van der Waals surface area contributed by atoms with Gasteiger partial charge < -0.3 is 14.8 Å². The van der Waals surface area contributed by atoms with Crippen molar-refractivity contribution in [1.82, 2.24) is 25.0 Å². The minimum Gasteiger partial charge on any atom is -0.611 e. The molecule has 1 aromatic carbocycles. The van der Waals surface area contributed by atoms with Crippen LogP contribution in [0.4, 0.5) is 4.79 Å². The van der Waals surface area contributed by atoms with Gasteiger partial charge in [-0.2, -0.15) is 5.10 Å². The predicted molar refractivity (Wildman–Crippen MR) is 153 cm³/mol. The van der Waals surface area contributed by atoms with Crippen LogP contribution in [0.15, 0.2) is 53.6 Å². The summed E-state index contributed by atoms with van der Waals surface area (Å²) in [6.07, 6.45) is 6.66. The van der Waals surface area contributed by atoms with E-state index < -0.39 is 11.2 Å². The number of likely N-dealkylation sites (tertiary alicyclic amines) is 1. The Morgan fingerprint density at radius 1 is 1.05 bits per heavy atom. The SMILES string of the molecule is CC[S+]([O-])c1ccc(CNC(=O)N2CC(c3cccc(C4CC4)c3)C(c3cc(C4CC4)nn3C(C)C)C2)nc1. The van der Waals surface area contributed by atoms with E-state index in [1.165, 1.54) is 48.2 Å². The topological polar surface area (TPSA) is 86.1 Å². The van der Waals surface area contributed by atoms with Gasteiger partial charge in [0.25, 0.3) is 0 Å². The molecular formula is C31H39N5O2S. The van der Waals surface area contributed by atoms with Crippen LogP contribution in [0.3, 0.4) is 0 Å². The predicted octanol–water partition coefficient (Wildman–Crippen LogP) is 5.83. The molecule has 0 bridgehead atoms. The number of hydrogen-bond donors (Lipinski definition) is 1. The van der Waals surface area contributed by atoms with Gasteiger partial charge in [0.2, 0.25) is 0 Å². The van der Waals surface area contributed by atoms with Crippen molar-refractivity contribution in [2.24, 2.45) is 0 Å². The van der Waals surface area contributed by atoms with Crippen LogP contribution in [-0.2, 0) is 17.7 Å². The number of carbonyl (C=O) groups is 1. The number of nitrogens with one attached hydrogen (secondary N) is 1. The average Bonchev–Trinajstić information content (AvgIpc) is 3.89. The highest BCUT2D eigenvalue weighted by Crippen LogP contribution is 2.46. The van der Waals surface area contributed by atoms with Crippen LogP contribution in [0.1, 0.15) is 104 Å². The lowest BCUT2D eigenvalue weighted by atomic mass is 9.85. The second-order valence-corrected chi connectivity index (χ2v) is 13.4. The maximum absolute atomic E-state index is 13.4. The largest absolute Gasteiger partial charge is 0.611 e. The van der Waals surface area contributed by atoms with Crippen LogP contribution in [0.5, 0.6) is 0 Å². The summed E-state index contributed by atoms with van der Waals surface area (Å²) < 4.78 is 14.2. The highest BCUT2D eigenvalue weighted by Gasteiger charge is 2.41. The van der Waals surface area contributed by atoms with Gasteiger partial charge in [-0.1, -0.05) is 24.3 Å². The van der Waals surface area contributed by atoms with Crippen LogP contribution < -0.4 is 5.32 Å². The molecule has 206 valence electrons. The van der Waals surface area contributed by atoms with Crippen LogP contribution >= 0.6 is 0 Å². The molecule has 2 saturated carbocycles. The normalized spacial score (nSPS) is 21.9. The fourth-order valence-corrected chi connectivity index (χ4v) is 6.58. The first-order valence-electron chi connectivity index (χ1n) is 14.5. The number of hydrogen-bond acceptors (Lipinski definition) is 4. The third-order valence-corrected chi connectivity index (χ3v) is 9.68. The molecule has 7 nitrogen and oxygen atoms in total. The molecule has 39 heavy (non-hydrogen) atoms. The zero-order valence-corrected chi connectivity index (χ0v) is 24.0. The lowest BCUT2D eigenvalue weighted by Crippen LogP contribution is -2.38. The molecular weight excluding hydrogens is 506 g/mol. The summed E-state index contributed by atoms with van der Waals surface area (Å²) in [7, 11) is 0. The van der Waals surface area contributed by atoms with Crippen LogP contribution in [0, 0.1) is 0 Å². The van der Waals surface area contributed by atoms with Crippen molar-refractivity contribution < 1.29 is 9.35 Å². The molecule has 2 aromatic heterocycles. The summed E-state index contributed by atoms with van der Waals surface area (Å²) in [6.45, 7) is 7.97. The molecule has 3 unspecified atom stereocenters. The van der Waals surface area contributed by atoms with Crippen molar-refractivity contribution in [2.45, 2.75) is 87.6 Å². The maximum atomic E-state index is 13.4. The van der Waals surface area contributed by atoms with Gasteiger partial charge in [0, 0.05) is 42.6 Å². The molecule has 3 heterocycles. The van der Waals surface area contributed by atoms with Crippen molar-refractivity contribution in [2.75, 3.05) is 18.8 Å². The molecule has 3 fully saturated rings. The second kappa shape index (κ2) is 11.0. The van der Waals surface area contributed by atoms with Crippen LogP contribution in [0.25, 0.3) is 0 Å². The molecule has 0 radical (unpaired) electrons. The summed E-state index contributed by atoms with van der Waals surface area (Å²) in [5, 5.41) is 8.12. The minimum absolute atomic E-state index is 0.0677. The van der Waals surface area contributed by atoms with E-state index >= 15 is 0 Å². The first-order chi connectivity index (χ1) is 18.9. The quantitative estimate of drug-likeness (QED) is 0.343.